The third kappa shape index (κ3) is 5.91. The number of thioether (sulfide) groups is 1. The monoisotopic (exact) mass is 328 g/mol. The maximum Gasteiger partial charge on any atom is 0.183 e. The van der Waals surface area contributed by atoms with Crippen LogP contribution in [0.3, 0.4) is 0 Å². The maximum absolute atomic E-state index is 12.8. The highest BCUT2D eigenvalue weighted by atomic mass is 32.2. The molecule has 23 heavy (non-hydrogen) atoms. The number of ketones is 1. The lowest BCUT2D eigenvalue weighted by atomic mass is 9.88. The summed E-state index contributed by atoms with van der Waals surface area (Å²) in [6.07, 6.45) is 10.9. The zero-order valence-electron chi connectivity index (χ0n) is 14.0. The topological polar surface area (TPSA) is 41.5 Å². The van der Waals surface area contributed by atoms with Crippen LogP contribution in [0.2, 0.25) is 0 Å². The second-order valence-electron chi connectivity index (χ2n) is 5.06. The van der Waals surface area contributed by atoms with Crippen LogP contribution in [0, 0.1) is 0 Å². The van der Waals surface area contributed by atoms with E-state index >= 15 is 0 Å². The molecule has 1 atom stereocenters. The van der Waals surface area contributed by atoms with Gasteiger partial charge in [0.2, 0.25) is 0 Å². The summed E-state index contributed by atoms with van der Waals surface area (Å²) in [6.45, 7) is 7.61. The molecule has 1 rings (SSSR count). The molecular weight excluding hydrogens is 304 g/mol. The number of hydrogen-bond donors (Lipinski definition) is 1. The Morgan fingerprint density at radius 1 is 1.30 bits per heavy atom. The molecule has 3 nitrogen and oxygen atoms in total. The molecule has 0 amide bonds. The molecule has 0 fully saturated rings. The number of nitrogens with one attached hydrogen (secondary N) is 1. The number of aliphatic imine (C=N–C) groups is 1. The summed E-state index contributed by atoms with van der Waals surface area (Å²) < 4.78 is 0. The van der Waals surface area contributed by atoms with Gasteiger partial charge in [0, 0.05) is 0 Å². The molecule has 0 bridgehead atoms. The standard InChI is InChI=1S/C19H24N2OS/c1-5-6-7-11-14-20-15-18(22)19(3,21-16(2)23-4)17-12-9-8-10-13-17/h5-14,20H,1,15H2,2-4H3/b7-6-,14-11-,21-16?. The summed E-state index contributed by atoms with van der Waals surface area (Å²) in [4.78, 5) is 17.4. The van der Waals surface area contributed by atoms with Crippen molar-refractivity contribution < 1.29 is 4.79 Å². The molecular formula is C19H24N2OS. The fourth-order valence-corrected chi connectivity index (χ4v) is 2.28. The fraction of sp³-hybridized carbons (Fsp3) is 0.263. The average molecular weight is 328 g/mol. The van der Waals surface area contributed by atoms with E-state index < -0.39 is 5.54 Å². The highest BCUT2D eigenvalue weighted by molar-refractivity contribution is 8.13. The number of benzene rings is 1. The van der Waals surface area contributed by atoms with E-state index in [9.17, 15) is 4.79 Å². The van der Waals surface area contributed by atoms with Crippen molar-refractivity contribution in [2.75, 3.05) is 12.8 Å². The molecule has 0 radical (unpaired) electrons. The van der Waals surface area contributed by atoms with Crippen molar-refractivity contribution in [2.24, 2.45) is 4.99 Å². The second-order valence-corrected chi connectivity index (χ2v) is 6.06. The summed E-state index contributed by atoms with van der Waals surface area (Å²) in [5, 5.41) is 3.90. The number of Topliss-reactive ketones (excluding diaryl/α,β-unsaturated/α-hetero) is 1. The van der Waals surface area contributed by atoms with Gasteiger partial charge in [-0.05, 0) is 37.9 Å². The molecule has 0 saturated carbocycles. The van der Waals surface area contributed by atoms with E-state index in [1.54, 1.807) is 24.0 Å². The van der Waals surface area contributed by atoms with Crippen LogP contribution in [0.25, 0.3) is 0 Å². The summed E-state index contributed by atoms with van der Waals surface area (Å²) >= 11 is 1.55. The molecule has 1 aromatic carbocycles. The van der Waals surface area contributed by atoms with Gasteiger partial charge in [-0.2, -0.15) is 0 Å². The van der Waals surface area contributed by atoms with Crippen molar-refractivity contribution in [3.8, 4) is 0 Å². The van der Waals surface area contributed by atoms with Gasteiger partial charge in [-0.25, -0.2) is 0 Å². The smallest absolute Gasteiger partial charge is 0.183 e. The van der Waals surface area contributed by atoms with Crippen molar-refractivity contribution in [1.29, 1.82) is 0 Å². The van der Waals surface area contributed by atoms with Gasteiger partial charge >= 0.3 is 0 Å². The summed E-state index contributed by atoms with van der Waals surface area (Å²) in [6, 6.07) is 9.68. The van der Waals surface area contributed by atoms with E-state index in [0.29, 0.717) is 0 Å². The molecule has 1 aromatic rings. The van der Waals surface area contributed by atoms with E-state index in [1.165, 1.54) is 0 Å². The first kappa shape index (κ1) is 19.0. The number of carbonyl (C=O) groups excluding carboxylic acids is 1. The van der Waals surface area contributed by atoms with E-state index in [4.69, 9.17) is 0 Å². The molecule has 0 saturated heterocycles. The van der Waals surface area contributed by atoms with E-state index in [0.717, 1.165) is 10.6 Å². The van der Waals surface area contributed by atoms with Crippen molar-refractivity contribution in [3.05, 3.63) is 73.0 Å². The SMILES string of the molecule is C=C/C=C\C=C/NCC(=O)C(C)(N=C(C)SC)c1ccccc1. The molecule has 0 heterocycles. The van der Waals surface area contributed by atoms with Crippen molar-refractivity contribution in [2.45, 2.75) is 19.4 Å². The lowest BCUT2D eigenvalue weighted by molar-refractivity contribution is -0.122. The van der Waals surface area contributed by atoms with E-state index in [2.05, 4.69) is 16.9 Å². The summed E-state index contributed by atoms with van der Waals surface area (Å²) in [5.41, 5.74) is 0.0160. The highest BCUT2D eigenvalue weighted by Gasteiger charge is 2.34. The Hall–Kier alpha value is -2.07. The molecule has 0 spiro atoms. The van der Waals surface area contributed by atoms with Crippen LogP contribution in [-0.4, -0.2) is 23.6 Å². The molecule has 0 aliphatic rings. The Bertz CT molecular complexity index is 605. The first-order chi connectivity index (χ1) is 11.0. The van der Waals surface area contributed by atoms with Crippen LogP contribution < -0.4 is 5.32 Å². The van der Waals surface area contributed by atoms with Gasteiger partial charge in [-0.3, -0.25) is 9.79 Å². The Kier molecular flexibility index (Phi) is 8.13. The van der Waals surface area contributed by atoms with Crippen LogP contribution in [0.1, 0.15) is 19.4 Å². The molecule has 0 aliphatic carbocycles. The molecule has 122 valence electrons. The molecule has 0 aromatic heterocycles. The Labute approximate surface area is 143 Å². The average Bonchev–Trinajstić information content (AvgIpc) is 2.58. The molecule has 0 aliphatic heterocycles. The predicted octanol–water partition coefficient (Wildman–Crippen LogP) is 4.10. The Morgan fingerprint density at radius 3 is 2.61 bits per heavy atom. The van der Waals surface area contributed by atoms with Gasteiger partial charge in [0.25, 0.3) is 0 Å². The number of nitrogens with zero attached hydrogens (tertiary/aromatic N) is 1. The van der Waals surface area contributed by atoms with Gasteiger partial charge in [0.05, 0.1) is 11.6 Å². The van der Waals surface area contributed by atoms with Crippen LogP contribution in [-0.2, 0) is 10.3 Å². The zero-order valence-corrected chi connectivity index (χ0v) is 14.8. The minimum atomic E-state index is -0.883. The normalized spacial score (nSPS) is 14.8. The number of allylic oxidation sites excluding steroid dienone is 4. The summed E-state index contributed by atoms with van der Waals surface area (Å²) in [7, 11) is 0. The zero-order chi connectivity index (χ0) is 17.1. The molecule has 1 unspecified atom stereocenters. The molecule has 4 heteroatoms. The van der Waals surface area contributed by atoms with E-state index in [1.807, 2.05) is 68.7 Å². The maximum atomic E-state index is 12.8. The minimum Gasteiger partial charge on any atom is -0.384 e. The van der Waals surface area contributed by atoms with Gasteiger partial charge in [0.1, 0.15) is 5.54 Å². The quantitative estimate of drug-likeness (QED) is 0.444. The second kappa shape index (κ2) is 9.85. The minimum absolute atomic E-state index is 0.0226. The Morgan fingerprint density at radius 2 is 2.00 bits per heavy atom. The van der Waals surface area contributed by atoms with Crippen LogP contribution in [0.5, 0.6) is 0 Å². The van der Waals surface area contributed by atoms with Crippen molar-refractivity contribution in [1.82, 2.24) is 5.32 Å². The Balaban J connectivity index is 2.93. The summed E-state index contributed by atoms with van der Waals surface area (Å²) in [5.74, 6) is 0.0226. The number of carbonyl (C=O) groups is 1. The fourth-order valence-electron chi connectivity index (χ4n) is 2.00. The lowest BCUT2D eigenvalue weighted by Crippen LogP contribution is -2.37. The first-order valence-electron chi connectivity index (χ1n) is 7.41. The number of rotatable bonds is 8. The highest BCUT2D eigenvalue weighted by Crippen LogP contribution is 2.27. The number of hydrogen-bond acceptors (Lipinski definition) is 4. The lowest BCUT2D eigenvalue weighted by Gasteiger charge is -2.25. The third-order valence-electron chi connectivity index (χ3n) is 3.39. The third-order valence-corrected chi connectivity index (χ3v) is 4.07. The predicted molar refractivity (Wildman–Crippen MR) is 102 cm³/mol. The molecule has 1 N–H and O–H groups in total. The van der Waals surface area contributed by atoms with Gasteiger partial charge in [-0.1, -0.05) is 55.1 Å². The van der Waals surface area contributed by atoms with Crippen LogP contribution >= 0.6 is 11.8 Å². The van der Waals surface area contributed by atoms with E-state index in [-0.39, 0.29) is 12.3 Å². The van der Waals surface area contributed by atoms with Gasteiger partial charge in [0.15, 0.2) is 5.78 Å². The van der Waals surface area contributed by atoms with Crippen LogP contribution in [0.4, 0.5) is 0 Å². The largest absolute Gasteiger partial charge is 0.384 e. The van der Waals surface area contributed by atoms with Gasteiger partial charge in [-0.15, -0.1) is 11.8 Å². The van der Waals surface area contributed by atoms with Crippen molar-refractivity contribution >= 4 is 22.6 Å². The van der Waals surface area contributed by atoms with Crippen molar-refractivity contribution in [3.63, 3.8) is 0 Å². The first-order valence-corrected chi connectivity index (χ1v) is 8.64. The van der Waals surface area contributed by atoms with Crippen LogP contribution in [0.15, 0.2) is 72.4 Å². The van der Waals surface area contributed by atoms with Gasteiger partial charge < -0.3 is 5.32 Å².